The average Bonchev–Trinajstić information content (AvgIpc) is 4.09. The molecule has 9 heterocycles. The molecule has 2 aromatic carbocycles. The number of anilines is 2. The lowest BCUT2D eigenvalue weighted by Gasteiger charge is -2.25. The lowest BCUT2D eigenvalue weighted by Crippen LogP contribution is -2.34. The number of benzene rings is 2. The highest BCUT2D eigenvalue weighted by atomic mass is 16.8. The van der Waals surface area contributed by atoms with Crippen LogP contribution in [-0.2, 0) is 18.9 Å². The lowest BCUT2D eigenvalue weighted by atomic mass is 10.1. The molecule has 0 bridgehead atoms. The number of aromatic nitrogens is 8. The van der Waals surface area contributed by atoms with Gasteiger partial charge in [-0.05, 0) is 62.4 Å². The van der Waals surface area contributed by atoms with Crippen molar-refractivity contribution in [2.24, 2.45) is 0 Å². The van der Waals surface area contributed by atoms with Crippen LogP contribution in [0.2, 0.25) is 0 Å². The highest BCUT2D eigenvalue weighted by molar-refractivity contribution is 5.87. The first-order valence-electron chi connectivity index (χ1n) is 19.7. The average molecular weight is 859 g/mol. The number of aliphatic hydroxyl groups excluding tert-OH is 2. The van der Waals surface area contributed by atoms with Crippen molar-refractivity contribution in [3.63, 3.8) is 0 Å². The van der Waals surface area contributed by atoms with E-state index in [4.69, 9.17) is 39.9 Å². The largest absolute Gasteiger partial charge is 0.491 e. The summed E-state index contributed by atoms with van der Waals surface area (Å²) in [6, 6.07) is 22.8. The Bertz CT molecular complexity index is 2870. The molecule has 0 radical (unpaired) electrons. The fourth-order valence-electron chi connectivity index (χ4n) is 8.13. The van der Waals surface area contributed by atoms with E-state index in [9.17, 15) is 10.2 Å². The highest BCUT2D eigenvalue weighted by Gasteiger charge is 2.56. The minimum atomic E-state index is -1.14. The summed E-state index contributed by atoms with van der Waals surface area (Å²) >= 11 is 0. The summed E-state index contributed by atoms with van der Waals surface area (Å²) in [5.41, 5.74) is 14.8. The normalized spacial score (nSPS) is 24.7. The minimum absolute atomic E-state index is 0. The van der Waals surface area contributed by atoms with E-state index < -0.39 is 36.6 Å². The van der Waals surface area contributed by atoms with Gasteiger partial charge in [0.15, 0.2) is 18.2 Å². The standard InChI is InChI=1S/C23H23N5O4.C20H19N5O4.2CH4/c1-23(2)31-18-17(11-29-14-6-5-13-4-3-8-25-16(13)10-14)30-22(19(18)32-23)28-9-7-15-20(24)26-12-27-21(15)28;21-18-13-5-7-25(19(13)24-10-23-18)20-17(27)16(26)15(29-20)9-28-12-4-3-11-2-1-6-22-14(11)8-12;;/h3-10,12,17-19,22H,11H2,1-2H3,(H2,24,26,27);1-8,10,15-17,20,26-27H,9H2,(H2,21,23,24);2*1H4/t17-,18-,19-,22-;15-,16-,17-,20-;;/m11../s1. The molecule has 63 heavy (non-hydrogen) atoms. The third-order valence-electron chi connectivity index (χ3n) is 11.1. The Kier molecular flexibility index (Phi) is 11.9. The van der Waals surface area contributed by atoms with Crippen molar-refractivity contribution in [2.45, 2.75) is 83.6 Å². The molecule has 328 valence electrons. The van der Waals surface area contributed by atoms with E-state index in [0.29, 0.717) is 40.7 Å². The van der Waals surface area contributed by atoms with E-state index >= 15 is 0 Å². The Morgan fingerprint density at radius 2 is 1.13 bits per heavy atom. The Hall–Kier alpha value is -6.54. The van der Waals surface area contributed by atoms with Crippen molar-refractivity contribution >= 4 is 55.5 Å². The number of rotatable bonds is 8. The fourth-order valence-corrected chi connectivity index (χ4v) is 8.13. The Morgan fingerprint density at radius 1 is 0.619 bits per heavy atom. The Balaban J connectivity index is 0.000000168. The molecule has 8 atom stereocenters. The molecule has 0 aliphatic carbocycles. The first-order valence-corrected chi connectivity index (χ1v) is 19.7. The maximum atomic E-state index is 10.5. The summed E-state index contributed by atoms with van der Waals surface area (Å²) in [4.78, 5) is 25.3. The van der Waals surface area contributed by atoms with Gasteiger partial charge in [-0.15, -0.1) is 0 Å². The van der Waals surface area contributed by atoms with Crippen LogP contribution in [-0.4, -0.2) is 105 Å². The van der Waals surface area contributed by atoms with Crippen molar-refractivity contribution in [1.82, 2.24) is 39.0 Å². The molecule has 6 aromatic heterocycles. The zero-order valence-corrected chi connectivity index (χ0v) is 33.0. The second kappa shape index (κ2) is 17.3. The molecule has 3 fully saturated rings. The van der Waals surface area contributed by atoms with Crippen LogP contribution in [0.5, 0.6) is 11.5 Å². The topological polar surface area (TPSA) is 235 Å². The van der Waals surface area contributed by atoms with Gasteiger partial charge in [-0.1, -0.05) is 27.0 Å². The molecule has 3 aliphatic rings. The summed E-state index contributed by atoms with van der Waals surface area (Å²) in [6.07, 6.45) is 4.72. The van der Waals surface area contributed by atoms with Gasteiger partial charge < -0.3 is 59.2 Å². The van der Waals surface area contributed by atoms with E-state index in [2.05, 4.69) is 29.9 Å². The first-order chi connectivity index (χ1) is 29.6. The lowest BCUT2D eigenvalue weighted by molar-refractivity contribution is -0.198. The number of nitrogen functional groups attached to an aromatic ring is 2. The zero-order chi connectivity index (χ0) is 41.8. The third kappa shape index (κ3) is 8.15. The van der Waals surface area contributed by atoms with E-state index in [1.54, 1.807) is 29.2 Å². The van der Waals surface area contributed by atoms with Gasteiger partial charge in [0.25, 0.3) is 0 Å². The van der Waals surface area contributed by atoms with Crippen LogP contribution in [0.4, 0.5) is 11.6 Å². The van der Waals surface area contributed by atoms with E-state index in [-0.39, 0.29) is 39.8 Å². The number of hydrogen-bond donors (Lipinski definition) is 4. The Labute approximate surface area is 362 Å². The van der Waals surface area contributed by atoms with Crippen LogP contribution in [0.3, 0.4) is 0 Å². The van der Waals surface area contributed by atoms with Gasteiger partial charge in [0, 0.05) is 47.7 Å². The summed E-state index contributed by atoms with van der Waals surface area (Å²) in [5.74, 6) is 1.38. The summed E-state index contributed by atoms with van der Waals surface area (Å²) in [7, 11) is 0. The zero-order valence-electron chi connectivity index (χ0n) is 33.0. The van der Waals surface area contributed by atoms with Crippen LogP contribution in [0.25, 0.3) is 43.9 Å². The van der Waals surface area contributed by atoms with Crippen LogP contribution >= 0.6 is 0 Å². The molecule has 6 N–H and O–H groups in total. The van der Waals surface area contributed by atoms with Crippen molar-refractivity contribution in [3.05, 3.63) is 110 Å². The van der Waals surface area contributed by atoms with Gasteiger partial charge in [0.2, 0.25) is 0 Å². The van der Waals surface area contributed by atoms with E-state index in [0.717, 1.165) is 32.9 Å². The maximum Gasteiger partial charge on any atom is 0.164 e. The first kappa shape index (κ1) is 43.1. The van der Waals surface area contributed by atoms with Crippen LogP contribution in [0.15, 0.2) is 110 Å². The summed E-state index contributed by atoms with van der Waals surface area (Å²) in [5, 5.41) is 24.5. The van der Waals surface area contributed by atoms with Crippen molar-refractivity contribution in [3.8, 4) is 11.5 Å². The molecule has 0 spiro atoms. The predicted molar refractivity (Wildman–Crippen MR) is 235 cm³/mol. The number of nitrogens with two attached hydrogens (primary N) is 2. The maximum absolute atomic E-state index is 10.5. The molecule has 8 aromatic rings. The summed E-state index contributed by atoms with van der Waals surface area (Å²) < 4.78 is 40.2. The number of aliphatic hydroxyl groups is 2. The van der Waals surface area contributed by atoms with E-state index in [1.165, 1.54) is 12.7 Å². The molecule has 3 saturated heterocycles. The number of fused-ring (bicyclic) bond motifs is 5. The number of hydrogen-bond acceptors (Lipinski definition) is 16. The van der Waals surface area contributed by atoms with Crippen LogP contribution < -0.4 is 20.9 Å². The second-order valence-electron chi connectivity index (χ2n) is 15.5. The number of ether oxygens (including phenoxy) is 6. The smallest absolute Gasteiger partial charge is 0.164 e. The quantitative estimate of drug-likeness (QED) is 0.146. The molecule has 18 nitrogen and oxygen atoms in total. The second-order valence-corrected chi connectivity index (χ2v) is 15.5. The number of nitrogens with zero attached hydrogens (tertiary/aromatic N) is 8. The van der Waals surface area contributed by atoms with E-state index in [1.807, 2.05) is 91.3 Å². The molecule has 18 heteroatoms. The molecule has 0 saturated carbocycles. The fraction of sp³-hybridized carbons (Fsp3) is 0.333. The number of pyridine rings is 2. The van der Waals surface area contributed by atoms with Crippen LogP contribution in [0, 0.1) is 0 Å². The van der Waals surface area contributed by atoms with Gasteiger partial charge in [-0.2, -0.15) is 0 Å². The monoisotopic (exact) mass is 858 g/mol. The van der Waals surface area contributed by atoms with Crippen molar-refractivity contribution in [2.75, 3.05) is 24.7 Å². The Morgan fingerprint density at radius 3 is 1.70 bits per heavy atom. The minimum Gasteiger partial charge on any atom is -0.491 e. The van der Waals surface area contributed by atoms with Crippen molar-refractivity contribution < 1.29 is 38.6 Å². The molecule has 11 rings (SSSR count). The predicted octanol–water partition coefficient (Wildman–Crippen LogP) is 5.59. The van der Waals surface area contributed by atoms with Crippen molar-refractivity contribution in [1.29, 1.82) is 0 Å². The molecule has 0 unspecified atom stereocenters. The van der Waals surface area contributed by atoms with Gasteiger partial charge in [0.05, 0.1) is 21.8 Å². The molecular formula is C45H50N10O8. The molecule has 3 aliphatic heterocycles. The van der Waals surface area contributed by atoms with Gasteiger partial charge in [-0.25, -0.2) is 19.9 Å². The van der Waals surface area contributed by atoms with Crippen LogP contribution in [0.1, 0.15) is 41.2 Å². The highest BCUT2D eigenvalue weighted by Crippen LogP contribution is 2.44. The van der Waals surface area contributed by atoms with Gasteiger partial charge in [-0.3, -0.25) is 9.97 Å². The molecule has 0 amide bonds. The SMILES string of the molecule is C.C.CC1(C)O[C@@H]2[C@H](O1)[C@@H](COc1ccc3cccnc3c1)O[C@H]2n1ccc2c(N)ncnc21.Nc1ncnc2c1ccn2[C@@H]1O[C@H](COc2ccc3cccnc3c2)[C@@H](O)[C@H]1O. The third-order valence-corrected chi connectivity index (χ3v) is 11.1. The van der Waals surface area contributed by atoms with Gasteiger partial charge in [0.1, 0.15) is 96.9 Å². The molecular weight excluding hydrogens is 809 g/mol. The van der Waals surface area contributed by atoms with Gasteiger partial charge >= 0.3 is 0 Å². The summed E-state index contributed by atoms with van der Waals surface area (Å²) in [6.45, 7) is 4.20.